The Balaban J connectivity index is 2.21. The van der Waals surface area contributed by atoms with Crippen LogP contribution in [0.15, 0.2) is 22.1 Å². The lowest BCUT2D eigenvalue weighted by Gasteiger charge is -2.01. The fourth-order valence-corrected chi connectivity index (χ4v) is 2.10. The highest BCUT2D eigenvalue weighted by atomic mass is 79.9. The van der Waals surface area contributed by atoms with E-state index in [4.69, 9.17) is 11.6 Å². The first-order valence-corrected chi connectivity index (χ1v) is 5.85. The number of hydrogen-bond acceptors (Lipinski definition) is 4. The van der Waals surface area contributed by atoms with Crippen molar-refractivity contribution in [1.29, 1.82) is 0 Å². The van der Waals surface area contributed by atoms with E-state index in [1.165, 1.54) is 23.5 Å². The lowest BCUT2D eigenvalue weighted by molar-refractivity contribution is 0.629. The van der Waals surface area contributed by atoms with Gasteiger partial charge in [0.25, 0.3) is 0 Å². The third kappa shape index (κ3) is 2.64. The zero-order chi connectivity index (χ0) is 10.8. The molecule has 0 spiro atoms. The average molecular weight is 309 g/mol. The van der Waals surface area contributed by atoms with Crippen LogP contribution in [-0.2, 0) is 0 Å². The molecule has 0 bridgehead atoms. The van der Waals surface area contributed by atoms with Crippen molar-refractivity contribution in [3.05, 3.63) is 33.0 Å². The maximum absolute atomic E-state index is 13.1. The molecule has 0 aliphatic carbocycles. The van der Waals surface area contributed by atoms with E-state index in [2.05, 4.69) is 31.4 Å². The number of anilines is 2. The van der Waals surface area contributed by atoms with Gasteiger partial charge < -0.3 is 5.32 Å². The summed E-state index contributed by atoms with van der Waals surface area (Å²) >= 11 is 10.1. The summed E-state index contributed by atoms with van der Waals surface area (Å²) in [7, 11) is 0. The van der Waals surface area contributed by atoms with Crippen molar-refractivity contribution in [3.63, 3.8) is 0 Å². The molecule has 1 N–H and O–H groups in total. The molecule has 0 unspecified atom stereocenters. The predicted octanol–water partition coefficient (Wildman–Crippen LogP) is 3.84. The van der Waals surface area contributed by atoms with Crippen molar-refractivity contribution in [1.82, 2.24) is 10.2 Å². The molecule has 0 fully saturated rings. The summed E-state index contributed by atoms with van der Waals surface area (Å²) in [6.45, 7) is 0. The Labute approximate surface area is 102 Å². The fourth-order valence-electron chi connectivity index (χ4n) is 0.953. The molecule has 15 heavy (non-hydrogen) atoms. The van der Waals surface area contributed by atoms with Crippen LogP contribution < -0.4 is 5.32 Å². The van der Waals surface area contributed by atoms with Gasteiger partial charge in [0.2, 0.25) is 5.13 Å². The average Bonchev–Trinajstić information content (AvgIpc) is 2.58. The third-order valence-electron chi connectivity index (χ3n) is 1.57. The molecular weight excluding hydrogens is 305 g/mol. The van der Waals surface area contributed by atoms with E-state index in [1.54, 1.807) is 6.07 Å². The number of aromatic nitrogens is 2. The largest absolute Gasteiger partial charge is 0.330 e. The summed E-state index contributed by atoms with van der Waals surface area (Å²) in [5, 5.41) is 11.2. The molecule has 7 heteroatoms. The van der Waals surface area contributed by atoms with E-state index in [0.29, 0.717) is 14.7 Å². The van der Waals surface area contributed by atoms with Crippen LogP contribution in [-0.4, -0.2) is 10.2 Å². The molecule has 1 heterocycles. The van der Waals surface area contributed by atoms with Crippen LogP contribution in [0.25, 0.3) is 0 Å². The van der Waals surface area contributed by atoms with Gasteiger partial charge in [-0.15, -0.1) is 10.2 Å². The summed E-state index contributed by atoms with van der Waals surface area (Å²) in [6, 6.07) is 4.45. The van der Waals surface area contributed by atoms with Gasteiger partial charge >= 0.3 is 0 Å². The molecule has 0 saturated heterocycles. The normalized spacial score (nSPS) is 10.3. The molecule has 0 atom stereocenters. The third-order valence-corrected chi connectivity index (χ3v) is 3.15. The molecule has 0 amide bonds. The molecule has 1 aromatic heterocycles. The second-order valence-corrected chi connectivity index (χ2v) is 5.27. The molecule has 2 rings (SSSR count). The van der Waals surface area contributed by atoms with Gasteiger partial charge in [-0.3, -0.25) is 0 Å². The molecular formula is C8H4BrClFN3S. The Bertz CT molecular complexity index is 490. The van der Waals surface area contributed by atoms with Crippen molar-refractivity contribution < 1.29 is 4.39 Å². The number of nitrogens with one attached hydrogen (secondary N) is 1. The Hall–Kier alpha value is -0.720. The molecule has 0 saturated carbocycles. The van der Waals surface area contributed by atoms with Crippen LogP contribution in [0.4, 0.5) is 15.2 Å². The summed E-state index contributed by atoms with van der Waals surface area (Å²) in [5.41, 5.74) is 0.584. The first kappa shape index (κ1) is 10.8. The van der Waals surface area contributed by atoms with Gasteiger partial charge in [0.15, 0.2) is 3.92 Å². The van der Waals surface area contributed by atoms with Gasteiger partial charge in [-0.1, -0.05) is 22.9 Å². The highest BCUT2D eigenvalue weighted by molar-refractivity contribution is 9.11. The van der Waals surface area contributed by atoms with Crippen molar-refractivity contribution in [2.45, 2.75) is 0 Å². The molecule has 2 aromatic rings. The van der Waals surface area contributed by atoms with Gasteiger partial charge in [-0.05, 0) is 34.1 Å². The minimum Gasteiger partial charge on any atom is -0.330 e. The second-order valence-electron chi connectivity index (χ2n) is 2.61. The van der Waals surface area contributed by atoms with Crippen LogP contribution in [0.2, 0.25) is 5.02 Å². The monoisotopic (exact) mass is 307 g/mol. The maximum Gasteiger partial charge on any atom is 0.210 e. The van der Waals surface area contributed by atoms with Gasteiger partial charge in [-0.25, -0.2) is 4.39 Å². The van der Waals surface area contributed by atoms with Crippen molar-refractivity contribution in [3.8, 4) is 0 Å². The maximum atomic E-state index is 13.1. The van der Waals surface area contributed by atoms with E-state index in [0.717, 1.165) is 0 Å². The summed E-state index contributed by atoms with van der Waals surface area (Å²) < 4.78 is 13.7. The first-order valence-electron chi connectivity index (χ1n) is 3.86. The van der Waals surface area contributed by atoms with E-state index in [9.17, 15) is 4.39 Å². The standard InChI is InChI=1S/C8H4BrClFN3S/c9-7-13-14-8(15-7)12-4-1-2-5(10)6(11)3-4/h1-3H,(H,12,14). The van der Waals surface area contributed by atoms with Gasteiger partial charge in [0, 0.05) is 5.69 Å². The predicted molar refractivity (Wildman–Crippen MR) is 62.3 cm³/mol. The van der Waals surface area contributed by atoms with Gasteiger partial charge in [0.05, 0.1) is 5.02 Å². The number of halogens is 3. The number of hydrogen-bond donors (Lipinski definition) is 1. The van der Waals surface area contributed by atoms with Gasteiger partial charge in [-0.2, -0.15) is 0 Å². The molecule has 0 aliphatic heterocycles. The Kier molecular flexibility index (Phi) is 3.18. The quantitative estimate of drug-likeness (QED) is 0.916. The lowest BCUT2D eigenvalue weighted by atomic mass is 10.3. The summed E-state index contributed by atoms with van der Waals surface area (Å²) in [6.07, 6.45) is 0. The van der Waals surface area contributed by atoms with Gasteiger partial charge in [0.1, 0.15) is 5.82 Å². The Morgan fingerprint density at radius 2 is 2.20 bits per heavy atom. The fraction of sp³-hybridized carbons (Fsp3) is 0. The van der Waals surface area contributed by atoms with Crippen LogP contribution in [0.3, 0.4) is 0 Å². The molecule has 3 nitrogen and oxygen atoms in total. The minimum atomic E-state index is -0.467. The van der Waals surface area contributed by atoms with Crippen molar-refractivity contribution >= 4 is 49.7 Å². The van der Waals surface area contributed by atoms with Crippen molar-refractivity contribution in [2.75, 3.05) is 5.32 Å². The number of benzene rings is 1. The molecule has 1 aromatic carbocycles. The van der Waals surface area contributed by atoms with Crippen molar-refractivity contribution in [2.24, 2.45) is 0 Å². The first-order chi connectivity index (χ1) is 7.15. The Morgan fingerprint density at radius 1 is 1.40 bits per heavy atom. The molecule has 78 valence electrons. The zero-order valence-corrected chi connectivity index (χ0v) is 10.3. The molecule has 0 radical (unpaired) electrons. The Morgan fingerprint density at radius 3 is 2.80 bits per heavy atom. The SMILES string of the molecule is Fc1cc(Nc2nnc(Br)s2)ccc1Cl. The highest BCUT2D eigenvalue weighted by Crippen LogP contribution is 2.25. The summed E-state index contributed by atoms with van der Waals surface area (Å²) in [4.78, 5) is 0. The zero-order valence-electron chi connectivity index (χ0n) is 7.17. The number of nitrogens with zero attached hydrogens (tertiary/aromatic N) is 2. The van der Waals surface area contributed by atoms with Crippen LogP contribution in [0, 0.1) is 5.82 Å². The lowest BCUT2D eigenvalue weighted by Crippen LogP contribution is -1.90. The molecule has 0 aliphatic rings. The smallest absolute Gasteiger partial charge is 0.210 e. The van der Waals surface area contributed by atoms with Crippen LogP contribution >= 0.6 is 38.9 Å². The van der Waals surface area contributed by atoms with Crippen LogP contribution in [0.5, 0.6) is 0 Å². The van der Waals surface area contributed by atoms with E-state index in [-0.39, 0.29) is 5.02 Å². The topological polar surface area (TPSA) is 37.8 Å². The number of rotatable bonds is 2. The van der Waals surface area contributed by atoms with E-state index < -0.39 is 5.82 Å². The minimum absolute atomic E-state index is 0.0963. The van der Waals surface area contributed by atoms with E-state index in [1.807, 2.05) is 0 Å². The second kappa shape index (κ2) is 4.42. The highest BCUT2D eigenvalue weighted by Gasteiger charge is 2.04. The summed E-state index contributed by atoms with van der Waals surface area (Å²) in [5.74, 6) is -0.467. The van der Waals surface area contributed by atoms with Crippen LogP contribution in [0.1, 0.15) is 0 Å². The van der Waals surface area contributed by atoms with E-state index >= 15 is 0 Å².